The Balaban J connectivity index is 1.93. The van der Waals surface area contributed by atoms with Gasteiger partial charge in [0.25, 0.3) is 0 Å². The van der Waals surface area contributed by atoms with Gasteiger partial charge in [0.1, 0.15) is 0 Å². The molecule has 1 aromatic rings. The van der Waals surface area contributed by atoms with E-state index >= 15 is 0 Å². The van der Waals surface area contributed by atoms with Gasteiger partial charge in [0.15, 0.2) is 0 Å². The number of aromatic nitrogens is 2. The monoisotopic (exact) mass is 220 g/mol. The highest BCUT2D eigenvalue weighted by molar-refractivity contribution is 5.32. The van der Waals surface area contributed by atoms with Gasteiger partial charge in [0, 0.05) is 43.6 Å². The van der Waals surface area contributed by atoms with Gasteiger partial charge in [-0.1, -0.05) is 13.8 Å². The molecule has 0 aliphatic heterocycles. The average Bonchev–Trinajstić information content (AvgIpc) is 3.10. The molecule has 1 aliphatic carbocycles. The van der Waals surface area contributed by atoms with Crippen LogP contribution in [0.4, 0.5) is 5.95 Å². The van der Waals surface area contributed by atoms with Crippen molar-refractivity contribution in [3.8, 4) is 0 Å². The van der Waals surface area contributed by atoms with Crippen LogP contribution in [0.15, 0.2) is 12.4 Å². The first kappa shape index (κ1) is 11.3. The second-order valence-corrected chi connectivity index (χ2v) is 4.77. The fourth-order valence-electron chi connectivity index (χ4n) is 1.57. The number of hydrogen-bond donors (Lipinski definition) is 1. The van der Waals surface area contributed by atoms with E-state index in [1.165, 1.54) is 12.8 Å². The summed E-state index contributed by atoms with van der Waals surface area (Å²) in [4.78, 5) is 11.0. The molecule has 88 valence electrons. The highest BCUT2D eigenvalue weighted by Gasteiger charge is 2.27. The average molecular weight is 220 g/mol. The summed E-state index contributed by atoms with van der Waals surface area (Å²) >= 11 is 0. The Kier molecular flexibility index (Phi) is 3.39. The Morgan fingerprint density at radius 2 is 2.00 bits per heavy atom. The van der Waals surface area contributed by atoms with E-state index in [0.717, 1.165) is 18.1 Å². The molecule has 0 aromatic carbocycles. The molecule has 1 fully saturated rings. The van der Waals surface area contributed by atoms with Gasteiger partial charge in [0.05, 0.1) is 0 Å². The van der Waals surface area contributed by atoms with Crippen molar-refractivity contribution in [1.29, 1.82) is 0 Å². The Bertz CT molecular complexity index is 329. The third-order valence-corrected chi connectivity index (χ3v) is 2.82. The lowest BCUT2D eigenvalue weighted by Gasteiger charge is -2.16. The zero-order chi connectivity index (χ0) is 11.5. The summed E-state index contributed by atoms with van der Waals surface area (Å²) < 4.78 is 0. The summed E-state index contributed by atoms with van der Waals surface area (Å²) in [5.74, 6) is 0.843. The topological polar surface area (TPSA) is 41.1 Å². The van der Waals surface area contributed by atoms with Gasteiger partial charge < -0.3 is 10.2 Å². The molecule has 4 nitrogen and oxygen atoms in total. The number of nitrogens with one attached hydrogen (secondary N) is 1. The van der Waals surface area contributed by atoms with Gasteiger partial charge in [0.2, 0.25) is 5.95 Å². The van der Waals surface area contributed by atoms with E-state index in [9.17, 15) is 0 Å². The first-order chi connectivity index (χ1) is 7.66. The predicted molar refractivity (Wildman–Crippen MR) is 65.4 cm³/mol. The van der Waals surface area contributed by atoms with Crippen LogP contribution in [-0.2, 0) is 6.54 Å². The SMILES string of the molecule is CC(C)NCc1cnc(N(C)C2CC2)nc1. The summed E-state index contributed by atoms with van der Waals surface area (Å²) in [6.07, 6.45) is 6.38. The Morgan fingerprint density at radius 1 is 1.38 bits per heavy atom. The van der Waals surface area contributed by atoms with Crippen molar-refractivity contribution in [3.63, 3.8) is 0 Å². The first-order valence-electron chi connectivity index (χ1n) is 5.94. The van der Waals surface area contributed by atoms with Crippen molar-refractivity contribution in [2.24, 2.45) is 0 Å². The highest BCUT2D eigenvalue weighted by Crippen LogP contribution is 2.27. The van der Waals surface area contributed by atoms with Gasteiger partial charge in [-0.15, -0.1) is 0 Å². The molecule has 0 unspecified atom stereocenters. The molecular weight excluding hydrogens is 200 g/mol. The van der Waals surface area contributed by atoms with Crippen molar-refractivity contribution >= 4 is 5.95 Å². The maximum absolute atomic E-state index is 4.39. The molecule has 16 heavy (non-hydrogen) atoms. The highest BCUT2D eigenvalue weighted by atomic mass is 15.3. The third-order valence-electron chi connectivity index (χ3n) is 2.82. The summed E-state index contributed by atoms with van der Waals surface area (Å²) in [7, 11) is 2.07. The first-order valence-corrected chi connectivity index (χ1v) is 5.94. The van der Waals surface area contributed by atoms with Gasteiger partial charge >= 0.3 is 0 Å². The summed E-state index contributed by atoms with van der Waals surface area (Å²) in [6.45, 7) is 5.11. The van der Waals surface area contributed by atoms with Gasteiger partial charge in [-0.2, -0.15) is 0 Å². The second-order valence-electron chi connectivity index (χ2n) is 4.77. The lowest BCUT2D eigenvalue weighted by Crippen LogP contribution is -2.23. The van der Waals surface area contributed by atoms with Crippen molar-refractivity contribution in [2.75, 3.05) is 11.9 Å². The Morgan fingerprint density at radius 3 is 2.50 bits per heavy atom. The molecule has 0 atom stereocenters. The summed E-state index contributed by atoms with van der Waals surface area (Å²) in [5.41, 5.74) is 1.14. The molecule has 1 aromatic heterocycles. The molecule has 0 radical (unpaired) electrons. The van der Waals surface area contributed by atoms with Crippen LogP contribution in [-0.4, -0.2) is 29.1 Å². The van der Waals surface area contributed by atoms with Crippen molar-refractivity contribution < 1.29 is 0 Å². The largest absolute Gasteiger partial charge is 0.341 e. The quantitative estimate of drug-likeness (QED) is 0.818. The predicted octanol–water partition coefficient (Wildman–Crippen LogP) is 1.57. The molecule has 0 saturated heterocycles. The lowest BCUT2D eigenvalue weighted by atomic mass is 10.3. The zero-order valence-corrected chi connectivity index (χ0v) is 10.3. The molecule has 0 bridgehead atoms. The fourth-order valence-corrected chi connectivity index (χ4v) is 1.57. The standard InChI is InChI=1S/C12H20N4/c1-9(2)13-6-10-7-14-12(15-8-10)16(3)11-4-5-11/h7-9,11,13H,4-6H2,1-3H3. The molecule has 1 saturated carbocycles. The second kappa shape index (κ2) is 4.78. The van der Waals surface area contributed by atoms with E-state index in [1.54, 1.807) is 0 Å². The zero-order valence-electron chi connectivity index (χ0n) is 10.3. The number of rotatable bonds is 5. The number of nitrogens with zero attached hydrogens (tertiary/aromatic N) is 3. The molecule has 1 aliphatic rings. The van der Waals surface area contributed by atoms with Crippen molar-refractivity contribution in [2.45, 2.75) is 45.3 Å². The van der Waals surface area contributed by atoms with E-state index in [1.807, 2.05) is 12.4 Å². The maximum atomic E-state index is 4.39. The Hall–Kier alpha value is -1.16. The van der Waals surface area contributed by atoms with Gasteiger partial charge in [-0.05, 0) is 12.8 Å². The molecule has 1 heterocycles. The van der Waals surface area contributed by atoms with Crippen LogP contribution in [0.3, 0.4) is 0 Å². The van der Waals surface area contributed by atoms with Gasteiger partial charge in [-0.3, -0.25) is 0 Å². The molecular formula is C12H20N4. The van der Waals surface area contributed by atoms with Crippen LogP contribution in [0.5, 0.6) is 0 Å². The number of hydrogen-bond acceptors (Lipinski definition) is 4. The Labute approximate surface area is 97.1 Å². The van der Waals surface area contributed by atoms with Gasteiger partial charge in [-0.25, -0.2) is 9.97 Å². The third kappa shape index (κ3) is 2.92. The van der Waals surface area contributed by atoms with Crippen LogP contribution in [0.25, 0.3) is 0 Å². The molecule has 4 heteroatoms. The van der Waals surface area contributed by atoms with Crippen LogP contribution in [0, 0.1) is 0 Å². The minimum atomic E-state index is 0.494. The van der Waals surface area contributed by atoms with E-state index in [2.05, 4.69) is 41.1 Å². The minimum Gasteiger partial charge on any atom is -0.341 e. The molecule has 2 rings (SSSR count). The lowest BCUT2D eigenvalue weighted by molar-refractivity contribution is 0.586. The van der Waals surface area contributed by atoms with Crippen molar-refractivity contribution in [3.05, 3.63) is 18.0 Å². The van der Waals surface area contributed by atoms with Crippen LogP contribution in [0.1, 0.15) is 32.3 Å². The molecule has 1 N–H and O–H groups in total. The van der Waals surface area contributed by atoms with Crippen molar-refractivity contribution in [1.82, 2.24) is 15.3 Å². The normalized spacial score (nSPS) is 15.5. The van der Waals surface area contributed by atoms with Crippen LogP contribution < -0.4 is 10.2 Å². The fraction of sp³-hybridized carbons (Fsp3) is 0.667. The maximum Gasteiger partial charge on any atom is 0.225 e. The molecule has 0 spiro atoms. The number of anilines is 1. The van der Waals surface area contributed by atoms with E-state index in [-0.39, 0.29) is 0 Å². The van der Waals surface area contributed by atoms with E-state index in [0.29, 0.717) is 12.1 Å². The van der Waals surface area contributed by atoms with E-state index < -0.39 is 0 Å². The molecule has 0 amide bonds. The van der Waals surface area contributed by atoms with Crippen LogP contribution >= 0.6 is 0 Å². The van der Waals surface area contributed by atoms with Crippen LogP contribution in [0.2, 0.25) is 0 Å². The summed E-state index contributed by atoms with van der Waals surface area (Å²) in [5, 5.41) is 3.35. The van der Waals surface area contributed by atoms with E-state index in [4.69, 9.17) is 0 Å². The minimum absolute atomic E-state index is 0.494. The smallest absolute Gasteiger partial charge is 0.225 e. The summed E-state index contributed by atoms with van der Waals surface area (Å²) in [6, 6.07) is 1.16.